The first kappa shape index (κ1) is 18.1. The van der Waals surface area contributed by atoms with Crippen molar-refractivity contribution in [1.82, 2.24) is 4.98 Å². The number of hydrogen-bond acceptors (Lipinski definition) is 3. The molecule has 6 atom stereocenters. The zero-order chi connectivity index (χ0) is 19.4. The van der Waals surface area contributed by atoms with Crippen LogP contribution in [0.5, 0.6) is 0 Å². The molecule has 28 heavy (non-hydrogen) atoms. The summed E-state index contributed by atoms with van der Waals surface area (Å²) in [6.07, 6.45) is 17.1. The normalized spacial score (nSPS) is 41.8. The summed E-state index contributed by atoms with van der Waals surface area (Å²) < 4.78 is 5.33. The molecule has 3 heteroatoms. The highest BCUT2D eigenvalue weighted by Gasteiger charge is 2.56. The molecular formula is C25H31NO2. The lowest BCUT2D eigenvalue weighted by Gasteiger charge is -2.57. The van der Waals surface area contributed by atoms with Crippen LogP contribution in [-0.2, 0) is 9.53 Å². The van der Waals surface area contributed by atoms with Crippen molar-refractivity contribution in [2.75, 3.05) is 0 Å². The first-order chi connectivity index (χ1) is 13.6. The molecule has 4 aliphatic carbocycles. The first-order valence-corrected chi connectivity index (χ1v) is 11.0. The summed E-state index contributed by atoms with van der Waals surface area (Å²) in [5, 5.41) is 0. The van der Waals surface area contributed by atoms with Gasteiger partial charge in [0.15, 0.2) is 0 Å². The number of pyridine rings is 1. The van der Waals surface area contributed by atoms with Gasteiger partial charge in [-0.15, -0.1) is 0 Å². The van der Waals surface area contributed by atoms with Crippen molar-refractivity contribution in [3.8, 4) is 0 Å². The van der Waals surface area contributed by atoms with E-state index in [9.17, 15) is 4.79 Å². The summed E-state index contributed by atoms with van der Waals surface area (Å²) in [6.45, 7) is 5.64. The molecule has 4 aliphatic rings. The van der Waals surface area contributed by atoms with E-state index in [1.807, 2.05) is 12.4 Å². The number of fused-ring (bicyclic) bond motifs is 5. The molecule has 1 aromatic heterocycles. The average Bonchev–Trinajstić information content (AvgIpc) is 3.06. The fourth-order valence-electron chi connectivity index (χ4n) is 7.36. The zero-order valence-corrected chi connectivity index (χ0v) is 17.1. The molecule has 0 N–H and O–H groups in total. The Labute approximate surface area is 168 Å². The standard InChI is InChI=1S/C25H31NO2/c1-24-11-9-19(28-16-27)14-18(24)5-6-20-22-8-7-21(17-4-3-13-26-15-17)25(22,2)12-10-23(20)24/h3-5,7,13,15-16,19-20,22-23H,6,8-12,14H2,1-2H3/t19-,20-,22?,23?,24-,25+/m0/s1. The van der Waals surface area contributed by atoms with Crippen molar-refractivity contribution < 1.29 is 9.53 Å². The van der Waals surface area contributed by atoms with Gasteiger partial charge in [0.25, 0.3) is 6.47 Å². The Hall–Kier alpha value is -1.90. The number of carbonyl (C=O) groups is 1. The minimum atomic E-state index is 0.0903. The minimum absolute atomic E-state index is 0.0903. The predicted molar refractivity (Wildman–Crippen MR) is 110 cm³/mol. The molecule has 0 spiro atoms. The van der Waals surface area contributed by atoms with Crippen LogP contribution in [0, 0.1) is 28.6 Å². The Morgan fingerprint density at radius 1 is 1.11 bits per heavy atom. The molecule has 1 heterocycles. The second-order valence-corrected chi connectivity index (χ2v) is 9.91. The van der Waals surface area contributed by atoms with Crippen molar-refractivity contribution >= 4 is 12.0 Å². The SMILES string of the molecule is C[C@]12CC[C@H](OC=O)CC1=CC[C@@H]1C2CC[C@]2(C)C(c3cccnc3)=CCC12. The van der Waals surface area contributed by atoms with Crippen LogP contribution in [0.4, 0.5) is 0 Å². The highest BCUT2D eigenvalue weighted by atomic mass is 16.5. The number of allylic oxidation sites excluding steroid dienone is 3. The van der Waals surface area contributed by atoms with Gasteiger partial charge in [-0.25, -0.2) is 0 Å². The number of nitrogens with zero attached hydrogens (tertiary/aromatic N) is 1. The third-order valence-electron chi connectivity index (χ3n) is 8.86. The molecule has 148 valence electrons. The van der Waals surface area contributed by atoms with E-state index in [1.54, 1.807) is 5.57 Å². The molecule has 2 saturated carbocycles. The number of rotatable bonds is 3. The molecule has 5 rings (SSSR count). The number of hydrogen-bond donors (Lipinski definition) is 0. The molecule has 0 aromatic carbocycles. The molecule has 2 fully saturated rings. The number of carbonyl (C=O) groups excluding carboxylic acids is 1. The quantitative estimate of drug-likeness (QED) is 0.510. The topological polar surface area (TPSA) is 39.2 Å². The highest BCUT2D eigenvalue weighted by Crippen LogP contribution is 2.66. The van der Waals surface area contributed by atoms with Crippen molar-refractivity contribution in [3.63, 3.8) is 0 Å². The predicted octanol–water partition coefficient (Wildman–Crippen LogP) is 5.58. The van der Waals surface area contributed by atoms with Crippen LogP contribution >= 0.6 is 0 Å². The fourth-order valence-corrected chi connectivity index (χ4v) is 7.36. The summed E-state index contributed by atoms with van der Waals surface area (Å²) in [5.41, 5.74) is 4.99. The van der Waals surface area contributed by atoms with Crippen molar-refractivity contribution in [3.05, 3.63) is 47.8 Å². The zero-order valence-electron chi connectivity index (χ0n) is 17.1. The number of aromatic nitrogens is 1. The van der Waals surface area contributed by atoms with E-state index in [1.165, 1.54) is 36.8 Å². The summed E-state index contributed by atoms with van der Waals surface area (Å²) in [4.78, 5) is 15.2. The maximum absolute atomic E-state index is 10.8. The van der Waals surface area contributed by atoms with E-state index in [2.05, 4.69) is 43.1 Å². The van der Waals surface area contributed by atoms with E-state index in [0.29, 0.717) is 11.9 Å². The van der Waals surface area contributed by atoms with Crippen molar-refractivity contribution in [1.29, 1.82) is 0 Å². The third kappa shape index (κ3) is 2.54. The van der Waals surface area contributed by atoms with Crippen LogP contribution in [-0.4, -0.2) is 17.6 Å². The monoisotopic (exact) mass is 377 g/mol. The van der Waals surface area contributed by atoms with E-state index in [0.717, 1.165) is 37.0 Å². The first-order valence-electron chi connectivity index (χ1n) is 11.0. The second-order valence-electron chi connectivity index (χ2n) is 9.91. The Balaban J connectivity index is 1.43. The fraction of sp³-hybridized carbons (Fsp3) is 0.600. The summed E-state index contributed by atoms with van der Waals surface area (Å²) in [6, 6.07) is 4.29. The van der Waals surface area contributed by atoms with Gasteiger partial charge in [-0.1, -0.05) is 37.6 Å². The van der Waals surface area contributed by atoms with Crippen LogP contribution in [0.2, 0.25) is 0 Å². The lowest BCUT2D eigenvalue weighted by atomic mass is 9.47. The van der Waals surface area contributed by atoms with Gasteiger partial charge in [-0.3, -0.25) is 9.78 Å². The van der Waals surface area contributed by atoms with Gasteiger partial charge in [0.1, 0.15) is 6.10 Å². The molecule has 0 radical (unpaired) electrons. The Morgan fingerprint density at radius 2 is 1.96 bits per heavy atom. The Morgan fingerprint density at radius 3 is 2.75 bits per heavy atom. The van der Waals surface area contributed by atoms with E-state index in [-0.39, 0.29) is 11.5 Å². The van der Waals surface area contributed by atoms with Gasteiger partial charge >= 0.3 is 0 Å². The van der Waals surface area contributed by atoms with E-state index >= 15 is 0 Å². The van der Waals surface area contributed by atoms with Crippen molar-refractivity contribution in [2.24, 2.45) is 28.6 Å². The van der Waals surface area contributed by atoms with Crippen LogP contribution in [0.15, 0.2) is 42.3 Å². The molecule has 0 amide bonds. The minimum Gasteiger partial charge on any atom is -0.464 e. The van der Waals surface area contributed by atoms with Gasteiger partial charge in [0.05, 0.1) is 0 Å². The maximum atomic E-state index is 10.8. The van der Waals surface area contributed by atoms with E-state index in [4.69, 9.17) is 4.74 Å². The highest BCUT2D eigenvalue weighted by molar-refractivity contribution is 5.72. The van der Waals surface area contributed by atoms with Gasteiger partial charge in [0.2, 0.25) is 0 Å². The van der Waals surface area contributed by atoms with Gasteiger partial charge in [0, 0.05) is 18.8 Å². The molecule has 0 bridgehead atoms. The van der Waals surface area contributed by atoms with Gasteiger partial charge < -0.3 is 4.74 Å². The lowest BCUT2D eigenvalue weighted by molar-refractivity contribution is -0.135. The molecule has 0 saturated heterocycles. The Kier molecular flexibility index (Phi) is 4.26. The van der Waals surface area contributed by atoms with Crippen LogP contribution < -0.4 is 0 Å². The Bertz CT molecular complexity index is 828. The van der Waals surface area contributed by atoms with E-state index < -0.39 is 0 Å². The summed E-state index contributed by atoms with van der Waals surface area (Å²) in [7, 11) is 0. The number of ether oxygens (including phenoxy) is 1. The van der Waals surface area contributed by atoms with Crippen molar-refractivity contribution in [2.45, 2.75) is 64.9 Å². The molecule has 1 aromatic rings. The molecule has 2 unspecified atom stereocenters. The van der Waals surface area contributed by atoms with Crippen LogP contribution in [0.1, 0.15) is 64.4 Å². The lowest BCUT2D eigenvalue weighted by Crippen LogP contribution is -2.50. The van der Waals surface area contributed by atoms with Gasteiger partial charge in [-0.05, 0) is 84.3 Å². The largest absolute Gasteiger partial charge is 0.464 e. The summed E-state index contributed by atoms with van der Waals surface area (Å²) in [5.74, 6) is 2.27. The molecule has 0 aliphatic heterocycles. The average molecular weight is 378 g/mol. The molecular weight excluding hydrogens is 346 g/mol. The molecule has 3 nitrogen and oxygen atoms in total. The third-order valence-corrected chi connectivity index (χ3v) is 8.86. The maximum Gasteiger partial charge on any atom is 0.293 e. The smallest absolute Gasteiger partial charge is 0.293 e. The second kappa shape index (κ2) is 6.57. The van der Waals surface area contributed by atoms with Crippen LogP contribution in [0.3, 0.4) is 0 Å². The van der Waals surface area contributed by atoms with Gasteiger partial charge in [-0.2, -0.15) is 0 Å². The summed E-state index contributed by atoms with van der Waals surface area (Å²) >= 11 is 0. The van der Waals surface area contributed by atoms with Crippen LogP contribution in [0.25, 0.3) is 5.57 Å².